The third-order valence-electron chi connectivity index (χ3n) is 5.61. The van der Waals surface area contributed by atoms with Gasteiger partial charge in [-0.15, -0.1) is 0 Å². The van der Waals surface area contributed by atoms with E-state index < -0.39 is 0 Å². The zero-order valence-corrected chi connectivity index (χ0v) is 18.1. The Morgan fingerprint density at radius 1 is 1.03 bits per heavy atom. The lowest BCUT2D eigenvalue weighted by Crippen LogP contribution is -2.27. The highest BCUT2D eigenvalue weighted by atomic mass is 16.5. The predicted molar refractivity (Wildman–Crippen MR) is 117 cm³/mol. The van der Waals surface area contributed by atoms with Crippen molar-refractivity contribution in [1.82, 2.24) is 5.32 Å². The van der Waals surface area contributed by atoms with E-state index in [0.29, 0.717) is 11.3 Å². The quantitative estimate of drug-likeness (QED) is 0.581. The molecule has 3 rings (SSSR count). The molecule has 5 nitrogen and oxygen atoms in total. The van der Waals surface area contributed by atoms with Gasteiger partial charge in [-0.05, 0) is 57.2 Å². The number of rotatable bonds is 9. The van der Waals surface area contributed by atoms with E-state index in [-0.39, 0.29) is 36.7 Å². The minimum Gasteiger partial charge on any atom is -0.493 e. The second-order valence-electron chi connectivity index (χ2n) is 8.01. The summed E-state index contributed by atoms with van der Waals surface area (Å²) in [5.74, 6) is 1.26. The highest BCUT2D eigenvalue weighted by molar-refractivity contribution is 5.98. The van der Waals surface area contributed by atoms with Crippen LogP contribution in [-0.4, -0.2) is 24.9 Å². The molecule has 0 heterocycles. The number of benzene rings is 2. The molecule has 0 aliphatic heterocycles. The summed E-state index contributed by atoms with van der Waals surface area (Å²) >= 11 is 0. The van der Waals surface area contributed by atoms with Crippen LogP contribution in [0.3, 0.4) is 0 Å². The highest BCUT2D eigenvalue weighted by Crippen LogP contribution is 2.33. The van der Waals surface area contributed by atoms with Gasteiger partial charge in [0.2, 0.25) is 5.91 Å². The van der Waals surface area contributed by atoms with Crippen LogP contribution < -0.4 is 14.8 Å². The highest BCUT2D eigenvalue weighted by Gasteiger charge is 2.19. The molecule has 2 aromatic rings. The van der Waals surface area contributed by atoms with Gasteiger partial charge >= 0.3 is 0 Å². The molecule has 1 aliphatic rings. The first-order valence-electron chi connectivity index (χ1n) is 10.7. The van der Waals surface area contributed by atoms with Crippen LogP contribution in [0.15, 0.2) is 42.5 Å². The molecule has 5 heteroatoms. The van der Waals surface area contributed by atoms with Gasteiger partial charge in [0.1, 0.15) is 0 Å². The fraction of sp³-hybridized carbons (Fsp3) is 0.440. The van der Waals surface area contributed by atoms with Crippen molar-refractivity contribution >= 4 is 11.7 Å². The molecule has 0 aromatic heterocycles. The third kappa shape index (κ3) is 5.85. The van der Waals surface area contributed by atoms with Crippen molar-refractivity contribution in [2.75, 3.05) is 7.11 Å². The average Bonchev–Trinajstić information content (AvgIpc) is 3.26. The molecule has 2 aromatic carbocycles. The van der Waals surface area contributed by atoms with E-state index >= 15 is 0 Å². The van der Waals surface area contributed by atoms with Gasteiger partial charge in [-0.2, -0.15) is 0 Å². The smallest absolute Gasteiger partial charge is 0.220 e. The SMILES string of the molecule is COc1cc(C(C)NC(=O)CCC(=O)c2ccc(C)cc2)ccc1OC1CCCC1. The van der Waals surface area contributed by atoms with E-state index in [4.69, 9.17) is 9.47 Å². The molecule has 1 N–H and O–H groups in total. The van der Waals surface area contributed by atoms with Crippen molar-refractivity contribution < 1.29 is 19.1 Å². The molecule has 1 atom stereocenters. The maximum Gasteiger partial charge on any atom is 0.220 e. The van der Waals surface area contributed by atoms with E-state index in [2.05, 4.69) is 5.32 Å². The molecule has 1 fully saturated rings. The summed E-state index contributed by atoms with van der Waals surface area (Å²) in [7, 11) is 1.63. The maximum absolute atomic E-state index is 12.3. The number of ketones is 1. The van der Waals surface area contributed by atoms with Gasteiger partial charge in [-0.1, -0.05) is 35.9 Å². The zero-order chi connectivity index (χ0) is 21.5. The fourth-order valence-electron chi connectivity index (χ4n) is 3.74. The van der Waals surface area contributed by atoms with E-state index in [0.717, 1.165) is 29.7 Å². The third-order valence-corrected chi connectivity index (χ3v) is 5.61. The van der Waals surface area contributed by atoms with Crippen molar-refractivity contribution in [3.8, 4) is 11.5 Å². The molecule has 1 amide bonds. The molecule has 30 heavy (non-hydrogen) atoms. The number of nitrogens with one attached hydrogen (secondary N) is 1. The van der Waals surface area contributed by atoms with Crippen molar-refractivity contribution in [2.24, 2.45) is 0 Å². The Balaban J connectivity index is 1.53. The molecule has 0 saturated heterocycles. The van der Waals surface area contributed by atoms with Crippen LogP contribution in [0.25, 0.3) is 0 Å². The predicted octanol–water partition coefficient (Wildman–Crippen LogP) is 5.17. The van der Waals surface area contributed by atoms with E-state index in [1.165, 1.54) is 12.8 Å². The van der Waals surface area contributed by atoms with Gasteiger partial charge in [0.05, 0.1) is 19.3 Å². The first-order chi connectivity index (χ1) is 14.5. The molecular weight excluding hydrogens is 378 g/mol. The lowest BCUT2D eigenvalue weighted by molar-refractivity contribution is -0.121. The standard InChI is InChI=1S/C25H31NO4/c1-17-8-10-19(11-9-17)22(27)13-15-25(28)26-18(2)20-12-14-23(24(16-20)29-3)30-21-6-4-5-7-21/h8-12,14,16,18,21H,4-7,13,15H2,1-3H3,(H,26,28). The van der Waals surface area contributed by atoms with Crippen LogP contribution in [0.1, 0.15) is 73.0 Å². The van der Waals surface area contributed by atoms with E-state index in [1.54, 1.807) is 19.2 Å². The summed E-state index contributed by atoms with van der Waals surface area (Å²) in [4.78, 5) is 24.6. The summed E-state index contributed by atoms with van der Waals surface area (Å²) in [6, 6.07) is 13.0. The Morgan fingerprint density at radius 3 is 2.40 bits per heavy atom. The molecule has 1 aliphatic carbocycles. The number of carbonyl (C=O) groups excluding carboxylic acids is 2. The molecule has 1 unspecified atom stereocenters. The number of hydrogen-bond donors (Lipinski definition) is 1. The molecule has 160 valence electrons. The largest absolute Gasteiger partial charge is 0.493 e. The Bertz CT molecular complexity index is 869. The number of Topliss-reactive ketones (excluding diaryl/α,β-unsaturated/α-hetero) is 1. The molecular formula is C25H31NO4. The second-order valence-corrected chi connectivity index (χ2v) is 8.01. The first kappa shape index (κ1) is 21.9. The Labute approximate surface area is 178 Å². The minimum absolute atomic E-state index is 0.0205. The van der Waals surface area contributed by atoms with E-state index in [1.807, 2.05) is 44.2 Å². The van der Waals surface area contributed by atoms with Gasteiger partial charge in [0.15, 0.2) is 17.3 Å². The number of carbonyl (C=O) groups is 2. The van der Waals surface area contributed by atoms with E-state index in [9.17, 15) is 9.59 Å². The van der Waals surface area contributed by atoms with Crippen molar-refractivity contribution in [2.45, 2.75) is 64.5 Å². The Morgan fingerprint density at radius 2 is 1.73 bits per heavy atom. The monoisotopic (exact) mass is 409 g/mol. The van der Waals surface area contributed by atoms with Crippen LogP contribution >= 0.6 is 0 Å². The molecule has 0 radical (unpaired) electrons. The van der Waals surface area contributed by atoms with Gasteiger partial charge in [-0.25, -0.2) is 0 Å². The Kier molecular flexibility index (Phi) is 7.50. The van der Waals surface area contributed by atoms with Gasteiger partial charge in [0.25, 0.3) is 0 Å². The summed E-state index contributed by atoms with van der Waals surface area (Å²) in [5.41, 5.74) is 2.68. The van der Waals surface area contributed by atoms with Gasteiger partial charge < -0.3 is 14.8 Å². The van der Waals surface area contributed by atoms with Crippen LogP contribution in [0, 0.1) is 6.92 Å². The minimum atomic E-state index is -0.193. The lowest BCUT2D eigenvalue weighted by atomic mass is 10.0. The average molecular weight is 410 g/mol. The Hall–Kier alpha value is -2.82. The van der Waals surface area contributed by atoms with Crippen molar-refractivity contribution in [3.63, 3.8) is 0 Å². The van der Waals surface area contributed by atoms with Crippen LogP contribution in [-0.2, 0) is 4.79 Å². The first-order valence-corrected chi connectivity index (χ1v) is 10.7. The number of ether oxygens (including phenoxy) is 2. The normalized spacial score (nSPS) is 14.9. The summed E-state index contributed by atoms with van der Waals surface area (Å²) in [6.45, 7) is 3.90. The van der Waals surface area contributed by atoms with Crippen molar-refractivity contribution in [3.05, 3.63) is 59.2 Å². The molecule has 1 saturated carbocycles. The number of hydrogen-bond acceptors (Lipinski definition) is 4. The second kappa shape index (κ2) is 10.3. The topological polar surface area (TPSA) is 64.6 Å². The van der Waals surface area contributed by atoms with Crippen LogP contribution in [0.5, 0.6) is 11.5 Å². The van der Waals surface area contributed by atoms with Crippen LogP contribution in [0.4, 0.5) is 0 Å². The van der Waals surface area contributed by atoms with Crippen LogP contribution in [0.2, 0.25) is 0 Å². The number of aryl methyl sites for hydroxylation is 1. The number of methoxy groups -OCH3 is 1. The van der Waals surface area contributed by atoms with Gasteiger partial charge in [0, 0.05) is 18.4 Å². The summed E-state index contributed by atoms with van der Waals surface area (Å²) < 4.78 is 11.6. The lowest BCUT2D eigenvalue weighted by Gasteiger charge is -2.19. The maximum atomic E-state index is 12.3. The fourth-order valence-corrected chi connectivity index (χ4v) is 3.74. The molecule has 0 spiro atoms. The summed E-state index contributed by atoms with van der Waals surface area (Å²) in [5, 5.41) is 2.97. The summed E-state index contributed by atoms with van der Waals surface area (Å²) in [6.07, 6.45) is 5.20. The zero-order valence-electron chi connectivity index (χ0n) is 18.1. The van der Waals surface area contributed by atoms with Gasteiger partial charge in [-0.3, -0.25) is 9.59 Å². The molecule has 0 bridgehead atoms. The van der Waals surface area contributed by atoms with Crippen molar-refractivity contribution in [1.29, 1.82) is 0 Å². The number of amides is 1.